The van der Waals surface area contributed by atoms with Crippen molar-refractivity contribution in [2.45, 2.75) is 24.1 Å². The lowest BCUT2D eigenvalue weighted by atomic mass is 9.91. The highest BCUT2D eigenvalue weighted by Crippen LogP contribution is 2.43. The van der Waals surface area contributed by atoms with Crippen LogP contribution in [0.2, 0.25) is 0 Å². The lowest BCUT2D eigenvalue weighted by Crippen LogP contribution is -2.07. The number of halogens is 2. The first-order valence-electron chi connectivity index (χ1n) is 4.73. The van der Waals surface area contributed by atoms with E-state index in [0.717, 1.165) is 12.2 Å². The number of rotatable bonds is 1. The van der Waals surface area contributed by atoms with Gasteiger partial charge in [0.1, 0.15) is 5.75 Å². The molecule has 14 heavy (non-hydrogen) atoms. The minimum atomic E-state index is 0.468. The van der Waals surface area contributed by atoms with E-state index >= 15 is 0 Å². The van der Waals surface area contributed by atoms with E-state index in [1.54, 1.807) is 7.11 Å². The summed E-state index contributed by atoms with van der Waals surface area (Å²) in [6.07, 6.45) is 3.56. The maximum Gasteiger partial charge on any atom is 0.122 e. The van der Waals surface area contributed by atoms with Crippen molar-refractivity contribution in [1.82, 2.24) is 0 Å². The van der Waals surface area contributed by atoms with Gasteiger partial charge in [-0.2, -0.15) is 0 Å². The molecule has 0 saturated carbocycles. The fourth-order valence-corrected chi connectivity index (χ4v) is 3.81. The molecular formula is C11H12Br2O. The molecule has 1 atom stereocenters. The Hall–Kier alpha value is -0.0200. The number of hydrogen-bond acceptors (Lipinski definition) is 1. The molecule has 0 fully saturated rings. The molecule has 1 aliphatic rings. The van der Waals surface area contributed by atoms with Gasteiger partial charge in [-0.1, -0.05) is 31.9 Å². The Bertz CT molecular complexity index is 349. The summed E-state index contributed by atoms with van der Waals surface area (Å²) in [6.45, 7) is 0. The summed E-state index contributed by atoms with van der Waals surface area (Å²) >= 11 is 7.32. The van der Waals surface area contributed by atoms with Crippen molar-refractivity contribution >= 4 is 31.9 Å². The predicted octanol–water partition coefficient (Wildman–Crippen LogP) is 4.23. The normalized spacial score (nSPS) is 20.4. The van der Waals surface area contributed by atoms with E-state index in [4.69, 9.17) is 4.74 Å². The molecule has 0 N–H and O–H groups in total. The van der Waals surface area contributed by atoms with Crippen LogP contribution in [-0.4, -0.2) is 7.11 Å². The Morgan fingerprint density at radius 1 is 1.43 bits per heavy atom. The molecule has 3 heteroatoms. The fourth-order valence-electron chi connectivity index (χ4n) is 2.01. The van der Waals surface area contributed by atoms with Crippen LogP contribution in [0.15, 0.2) is 16.6 Å². The number of benzene rings is 1. The van der Waals surface area contributed by atoms with Crippen LogP contribution in [0.4, 0.5) is 0 Å². The third-order valence-corrected chi connectivity index (χ3v) is 4.29. The van der Waals surface area contributed by atoms with Gasteiger partial charge >= 0.3 is 0 Å². The molecule has 0 radical (unpaired) electrons. The summed E-state index contributed by atoms with van der Waals surface area (Å²) in [6, 6.07) is 4.10. The van der Waals surface area contributed by atoms with E-state index in [1.165, 1.54) is 28.4 Å². The van der Waals surface area contributed by atoms with Crippen LogP contribution in [0.5, 0.6) is 5.75 Å². The summed E-state index contributed by atoms with van der Waals surface area (Å²) in [4.78, 5) is 0.468. The first-order chi connectivity index (χ1) is 6.74. The number of fused-ring (bicyclic) bond motifs is 1. The van der Waals surface area contributed by atoms with Crippen LogP contribution in [0, 0.1) is 0 Å². The standard InChI is InChI=1S/C11H12Br2O/c1-14-10-6-5-9(13)11-7(10)3-2-4-8(11)12/h5-6,8H,2-4H2,1H3. The summed E-state index contributed by atoms with van der Waals surface area (Å²) in [5.74, 6) is 1.02. The molecule has 0 saturated heterocycles. The highest BCUT2D eigenvalue weighted by Gasteiger charge is 2.23. The van der Waals surface area contributed by atoms with Crippen molar-refractivity contribution in [1.29, 1.82) is 0 Å². The van der Waals surface area contributed by atoms with Crippen LogP contribution in [0.25, 0.3) is 0 Å². The highest BCUT2D eigenvalue weighted by atomic mass is 79.9. The monoisotopic (exact) mass is 318 g/mol. The fraction of sp³-hybridized carbons (Fsp3) is 0.455. The first-order valence-corrected chi connectivity index (χ1v) is 6.44. The smallest absolute Gasteiger partial charge is 0.122 e. The average molecular weight is 320 g/mol. The first kappa shape index (κ1) is 10.5. The van der Waals surface area contributed by atoms with Crippen molar-refractivity contribution in [3.8, 4) is 5.75 Å². The van der Waals surface area contributed by atoms with Crippen LogP contribution in [0.3, 0.4) is 0 Å². The van der Waals surface area contributed by atoms with E-state index in [2.05, 4.69) is 37.9 Å². The van der Waals surface area contributed by atoms with Crippen LogP contribution in [-0.2, 0) is 6.42 Å². The summed E-state index contributed by atoms with van der Waals surface area (Å²) in [7, 11) is 1.74. The van der Waals surface area contributed by atoms with E-state index < -0.39 is 0 Å². The molecule has 1 aliphatic carbocycles. The van der Waals surface area contributed by atoms with Gasteiger partial charge < -0.3 is 4.74 Å². The topological polar surface area (TPSA) is 9.23 Å². The molecule has 0 aromatic heterocycles. The van der Waals surface area contributed by atoms with Gasteiger partial charge in [0.05, 0.1) is 7.11 Å². The lowest BCUT2D eigenvalue weighted by Gasteiger charge is -2.24. The Morgan fingerprint density at radius 2 is 2.21 bits per heavy atom. The van der Waals surface area contributed by atoms with E-state index in [1.807, 2.05) is 6.07 Å². The van der Waals surface area contributed by atoms with Gasteiger partial charge in [0.2, 0.25) is 0 Å². The molecule has 2 rings (SSSR count). The molecule has 1 unspecified atom stereocenters. The highest BCUT2D eigenvalue weighted by molar-refractivity contribution is 9.11. The number of methoxy groups -OCH3 is 1. The average Bonchev–Trinajstić information content (AvgIpc) is 2.18. The van der Waals surface area contributed by atoms with E-state index in [-0.39, 0.29) is 0 Å². The number of alkyl halides is 1. The molecule has 0 aliphatic heterocycles. The van der Waals surface area contributed by atoms with E-state index in [0.29, 0.717) is 4.83 Å². The Balaban J connectivity index is 2.57. The van der Waals surface area contributed by atoms with Crippen molar-refractivity contribution in [3.63, 3.8) is 0 Å². The van der Waals surface area contributed by atoms with Gasteiger partial charge in [-0.15, -0.1) is 0 Å². The van der Waals surface area contributed by atoms with Crippen molar-refractivity contribution in [2.75, 3.05) is 7.11 Å². The minimum absolute atomic E-state index is 0.468. The largest absolute Gasteiger partial charge is 0.496 e. The zero-order valence-corrected chi connectivity index (χ0v) is 11.2. The van der Waals surface area contributed by atoms with Gasteiger partial charge in [-0.3, -0.25) is 0 Å². The van der Waals surface area contributed by atoms with Gasteiger partial charge in [-0.05, 0) is 42.5 Å². The molecule has 1 nitrogen and oxygen atoms in total. The Kier molecular flexibility index (Phi) is 3.17. The van der Waals surface area contributed by atoms with Crippen LogP contribution < -0.4 is 4.74 Å². The molecule has 1 aromatic rings. The number of ether oxygens (including phenoxy) is 1. The third-order valence-electron chi connectivity index (χ3n) is 2.68. The molecule has 0 spiro atoms. The SMILES string of the molecule is COc1ccc(Br)c2c1CCCC2Br. The third kappa shape index (κ3) is 1.72. The minimum Gasteiger partial charge on any atom is -0.496 e. The van der Waals surface area contributed by atoms with E-state index in [9.17, 15) is 0 Å². The van der Waals surface area contributed by atoms with Crippen molar-refractivity contribution in [3.05, 3.63) is 27.7 Å². The quantitative estimate of drug-likeness (QED) is 0.704. The maximum atomic E-state index is 5.37. The lowest BCUT2D eigenvalue weighted by molar-refractivity contribution is 0.406. The predicted molar refractivity (Wildman–Crippen MR) is 65.3 cm³/mol. The van der Waals surface area contributed by atoms with Gasteiger partial charge in [0.15, 0.2) is 0 Å². The molecular weight excluding hydrogens is 308 g/mol. The van der Waals surface area contributed by atoms with Crippen molar-refractivity contribution < 1.29 is 4.74 Å². The summed E-state index contributed by atoms with van der Waals surface area (Å²) in [5.41, 5.74) is 2.73. The molecule has 0 heterocycles. The van der Waals surface area contributed by atoms with Crippen LogP contribution >= 0.6 is 31.9 Å². The number of hydrogen-bond donors (Lipinski definition) is 0. The zero-order chi connectivity index (χ0) is 10.1. The second-order valence-corrected chi connectivity index (χ2v) is 5.46. The second kappa shape index (κ2) is 4.23. The molecule has 0 bridgehead atoms. The summed E-state index contributed by atoms with van der Waals surface area (Å²) in [5, 5.41) is 0. The van der Waals surface area contributed by atoms with Crippen LogP contribution in [0.1, 0.15) is 28.8 Å². The Morgan fingerprint density at radius 3 is 2.93 bits per heavy atom. The zero-order valence-electron chi connectivity index (χ0n) is 8.02. The molecule has 1 aromatic carbocycles. The van der Waals surface area contributed by atoms with Gasteiger partial charge in [0.25, 0.3) is 0 Å². The second-order valence-electron chi connectivity index (χ2n) is 3.50. The summed E-state index contributed by atoms with van der Waals surface area (Å²) < 4.78 is 6.56. The maximum absolute atomic E-state index is 5.37. The van der Waals surface area contributed by atoms with Gasteiger partial charge in [0, 0.05) is 9.30 Å². The molecule has 76 valence electrons. The van der Waals surface area contributed by atoms with Crippen molar-refractivity contribution in [2.24, 2.45) is 0 Å². The Labute approximate surface area is 101 Å². The van der Waals surface area contributed by atoms with Gasteiger partial charge in [-0.25, -0.2) is 0 Å². The molecule has 0 amide bonds.